The van der Waals surface area contributed by atoms with Crippen LogP contribution in [0.4, 0.5) is 0 Å². The second-order valence-corrected chi connectivity index (χ2v) is 9.33. The summed E-state index contributed by atoms with van der Waals surface area (Å²) in [5.41, 5.74) is -1.21. The number of nitrogens with zero attached hydrogens (tertiary/aromatic N) is 2. The van der Waals surface area contributed by atoms with Crippen LogP contribution in [0.3, 0.4) is 0 Å². The summed E-state index contributed by atoms with van der Waals surface area (Å²) in [6.07, 6.45) is 1.31. The number of likely N-dealkylation sites (tertiary alicyclic amines) is 1. The molecule has 7 atom stereocenters. The van der Waals surface area contributed by atoms with E-state index >= 15 is 0 Å². The van der Waals surface area contributed by atoms with E-state index in [1.54, 1.807) is 17.9 Å². The first-order valence-electron chi connectivity index (χ1n) is 9.51. The highest BCUT2D eigenvalue weighted by molar-refractivity contribution is 9.09. The summed E-state index contributed by atoms with van der Waals surface area (Å²) >= 11 is 3.49. The van der Waals surface area contributed by atoms with Crippen LogP contribution in [0.2, 0.25) is 0 Å². The molecular formula is C19H27BrN2O6. The fraction of sp³-hybridized carbons (Fsp3) is 0.737. The van der Waals surface area contributed by atoms with E-state index in [9.17, 15) is 24.6 Å². The van der Waals surface area contributed by atoms with Gasteiger partial charge in [-0.2, -0.15) is 0 Å². The normalized spacial score (nSPS) is 37.3. The smallest absolute Gasteiger partial charge is 0.310 e. The number of halogens is 1. The molecule has 9 heteroatoms. The van der Waals surface area contributed by atoms with Gasteiger partial charge in [-0.15, -0.1) is 6.58 Å². The molecule has 3 fully saturated rings. The quantitative estimate of drug-likeness (QED) is 0.427. The zero-order valence-corrected chi connectivity index (χ0v) is 17.8. The molecule has 0 saturated carbocycles. The number of aliphatic hydroxyl groups is 1. The monoisotopic (exact) mass is 458 g/mol. The molecule has 3 unspecified atom stereocenters. The minimum atomic E-state index is -1.21. The van der Waals surface area contributed by atoms with Crippen molar-refractivity contribution in [2.75, 3.05) is 13.2 Å². The van der Waals surface area contributed by atoms with Gasteiger partial charge in [-0.3, -0.25) is 14.4 Å². The van der Waals surface area contributed by atoms with Crippen molar-refractivity contribution in [1.82, 2.24) is 9.80 Å². The van der Waals surface area contributed by atoms with Crippen LogP contribution in [-0.4, -0.2) is 85.6 Å². The van der Waals surface area contributed by atoms with Gasteiger partial charge in [0.15, 0.2) is 0 Å². The summed E-state index contributed by atoms with van der Waals surface area (Å²) in [6, 6.07) is -1.76. The molecule has 0 aliphatic carbocycles. The Balaban J connectivity index is 2.12. The van der Waals surface area contributed by atoms with Gasteiger partial charge in [0.2, 0.25) is 11.8 Å². The number of aliphatic hydroxyl groups excluding tert-OH is 1. The van der Waals surface area contributed by atoms with Gasteiger partial charge in [0.1, 0.15) is 11.6 Å². The van der Waals surface area contributed by atoms with Crippen LogP contribution in [0.15, 0.2) is 12.7 Å². The predicted molar refractivity (Wildman–Crippen MR) is 104 cm³/mol. The Kier molecular flexibility index (Phi) is 5.64. The topological polar surface area (TPSA) is 107 Å². The lowest BCUT2D eigenvalue weighted by Gasteiger charge is -2.39. The summed E-state index contributed by atoms with van der Waals surface area (Å²) in [5, 5.41) is 19.5. The molecule has 3 heterocycles. The molecule has 0 aromatic rings. The van der Waals surface area contributed by atoms with E-state index in [4.69, 9.17) is 4.74 Å². The number of hydrogen-bond acceptors (Lipinski definition) is 5. The van der Waals surface area contributed by atoms with Gasteiger partial charge in [0.25, 0.3) is 0 Å². The number of hydrogen-bond donors (Lipinski definition) is 2. The van der Waals surface area contributed by atoms with Crippen molar-refractivity contribution < 1.29 is 29.3 Å². The summed E-state index contributed by atoms with van der Waals surface area (Å²) in [5.74, 6) is -3.81. The third kappa shape index (κ3) is 2.81. The first-order chi connectivity index (χ1) is 13.1. The Morgan fingerprint density at radius 3 is 2.61 bits per heavy atom. The number of carbonyl (C=O) groups is 3. The highest BCUT2D eigenvalue weighted by Crippen LogP contribution is 2.60. The van der Waals surface area contributed by atoms with Crippen molar-refractivity contribution in [2.24, 2.45) is 11.8 Å². The van der Waals surface area contributed by atoms with E-state index in [-0.39, 0.29) is 23.4 Å². The van der Waals surface area contributed by atoms with Gasteiger partial charge in [-0.1, -0.05) is 22.0 Å². The third-order valence-electron chi connectivity index (χ3n) is 6.22. The van der Waals surface area contributed by atoms with Crippen LogP contribution in [0, 0.1) is 11.8 Å². The van der Waals surface area contributed by atoms with Gasteiger partial charge in [0.05, 0.1) is 30.6 Å². The molecule has 0 aromatic heterocycles. The molecule has 2 bridgehead atoms. The van der Waals surface area contributed by atoms with Crippen molar-refractivity contribution in [2.45, 2.75) is 61.8 Å². The molecular weight excluding hydrogens is 432 g/mol. The third-order valence-corrected chi connectivity index (χ3v) is 7.06. The van der Waals surface area contributed by atoms with Crippen LogP contribution < -0.4 is 0 Å². The van der Waals surface area contributed by atoms with Crippen LogP contribution in [0.25, 0.3) is 0 Å². The lowest BCUT2D eigenvalue weighted by molar-refractivity contribution is -0.153. The molecule has 1 spiro atoms. The second-order valence-electron chi connectivity index (χ2n) is 8.15. The largest absolute Gasteiger partial charge is 0.481 e. The summed E-state index contributed by atoms with van der Waals surface area (Å²) in [6.45, 7) is 9.06. The number of fused-ring (bicyclic) bond motifs is 1. The van der Waals surface area contributed by atoms with E-state index in [0.717, 1.165) is 0 Å². The highest BCUT2D eigenvalue weighted by Gasteiger charge is 2.77. The highest BCUT2D eigenvalue weighted by atomic mass is 79.9. The summed E-state index contributed by atoms with van der Waals surface area (Å²) in [4.78, 5) is 41.6. The Bertz CT molecular complexity index is 700. The minimum Gasteiger partial charge on any atom is -0.481 e. The number of carboxylic acid groups (broad SMARTS) is 1. The Hall–Kier alpha value is -1.45. The predicted octanol–water partition coefficient (Wildman–Crippen LogP) is 0.623. The number of alkyl halides is 1. The van der Waals surface area contributed by atoms with Gasteiger partial charge in [-0.05, 0) is 27.2 Å². The molecule has 3 rings (SSSR count). The number of amides is 2. The Morgan fingerprint density at radius 1 is 1.46 bits per heavy atom. The zero-order valence-electron chi connectivity index (χ0n) is 16.2. The molecule has 2 amide bonds. The van der Waals surface area contributed by atoms with E-state index < -0.39 is 47.5 Å². The standard InChI is InChI=1S/C19H27BrN2O6/c1-5-6-21(9(2)3)17(25)15-19-7-11(20)14(28-19)12(18(26)27)13(19)16(24)22(15)10(4)8-23/h5,9-15,23H,1,6-8H2,2-4H3,(H,26,27)/t10-,11?,12-,13+,14-,15?,19?/m1/s1. The number of aliphatic carboxylic acids is 1. The lowest BCUT2D eigenvalue weighted by Crippen LogP contribution is -2.59. The maximum Gasteiger partial charge on any atom is 0.310 e. The van der Waals surface area contributed by atoms with E-state index in [1.165, 1.54) is 4.90 Å². The molecule has 0 aromatic carbocycles. The van der Waals surface area contributed by atoms with Crippen LogP contribution in [-0.2, 0) is 19.1 Å². The Labute approximate surface area is 172 Å². The fourth-order valence-corrected chi connectivity index (χ4v) is 5.99. The number of ether oxygens (including phenoxy) is 1. The molecule has 0 radical (unpaired) electrons. The molecule has 8 nitrogen and oxygen atoms in total. The fourth-order valence-electron chi connectivity index (χ4n) is 5.04. The van der Waals surface area contributed by atoms with Gasteiger partial charge >= 0.3 is 5.97 Å². The lowest BCUT2D eigenvalue weighted by atomic mass is 9.70. The van der Waals surface area contributed by atoms with E-state index in [2.05, 4.69) is 22.5 Å². The van der Waals surface area contributed by atoms with Crippen molar-refractivity contribution in [3.8, 4) is 0 Å². The summed E-state index contributed by atoms with van der Waals surface area (Å²) < 4.78 is 6.16. The van der Waals surface area contributed by atoms with Crippen molar-refractivity contribution in [3.63, 3.8) is 0 Å². The molecule has 3 aliphatic heterocycles. The zero-order chi connectivity index (χ0) is 21.0. The van der Waals surface area contributed by atoms with Gasteiger partial charge < -0.3 is 24.7 Å². The van der Waals surface area contributed by atoms with Crippen LogP contribution in [0.1, 0.15) is 27.2 Å². The molecule has 3 aliphatic rings. The van der Waals surface area contributed by atoms with Crippen LogP contribution >= 0.6 is 15.9 Å². The van der Waals surface area contributed by atoms with Gasteiger partial charge in [0, 0.05) is 17.4 Å². The summed E-state index contributed by atoms with van der Waals surface area (Å²) in [7, 11) is 0. The average Bonchev–Trinajstić information content (AvgIpc) is 3.21. The first-order valence-corrected chi connectivity index (χ1v) is 10.4. The van der Waals surface area contributed by atoms with Crippen LogP contribution in [0.5, 0.6) is 0 Å². The molecule has 156 valence electrons. The van der Waals surface area contributed by atoms with Crippen molar-refractivity contribution in [1.29, 1.82) is 0 Å². The molecule has 28 heavy (non-hydrogen) atoms. The molecule has 2 N–H and O–H groups in total. The first kappa shape index (κ1) is 21.3. The SMILES string of the molecule is C=CCN(C(=O)C1N([C@H](C)CO)C(=O)[C@@H]2[C@@H](C(=O)O)[C@@H]3OC12CC3Br)C(C)C. The van der Waals surface area contributed by atoms with Gasteiger partial charge in [-0.25, -0.2) is 0 Å². The maximum absolute atomic E-state index is 13.6. The number of carboxylic acids is 1. The maximum atomic E-state index is 13.6. The van der Waals surface area contributed by atoms with Crippen molar-refractivity contribution >= 4 is 33.7 Å². The minimum absolute atomic E-state index is 0.143. The van der Waals surface area contributed by atoms with E-state index in [1.807, 2.05) is 13.8 Å². The number of carbonyl (C=O) groups excluding carboxylic acids is 2. The second kappa shape index (κ2) is 7.42. The van der Waals surface area contributed by atoms with E-state index in [0.29, 0.717) is 13.0 Å². The molecule has 3 saturated heterocycles. The Morgan fingerprint density at radius 2 is 2.11 bits per heavy atom. The van der Waals surface area contributed by atoms with Crippen molar-refractivity contribution in [3.05, 3.63) is 12.7 Å². The average molecular weight is 459 g/mol. The number of rotatable bonds is 7.